The van der Waals surface area contributed by atoms with Gasteiger partial charge in [0.05, 0.1) is 10.5 Å². The second-order valence-electron chi connectivity index (χ2n) is 7.91. The van der Waals surface area contributed by atoms with E-state index in [-0.39, 0.29) is 11.5 Å². The van der Waals surface area contributed by atoms with Crippen LogP contribution >= 0.6 is 24.0 Å². The molecule has 9 heteroatoms. The predicted octanol–water partition coefficient (Wildman–Crippen LogP) is 3.90. The summed E-state index contributed by atoms with van der Waals surface area (Å²) >= 11 is 6.62. The Morgan fingerprint density at radius 1 is 1.18 bits per heavy atom. The van der Waals surface area contributed by atoms with Crippen LogP contribution in [-0.2, 0) is 16.0 Å². The number of thioether (sulfide) groups is 1. The number of benzene rings is 1. The number of pyridine rings is 1. The van der Waals surface area contributed by atoms with Crippen LogP contribution < -0.4 is 10.9 Å². The smallest absolute Gasteiger partial charge is 0.267 e. The number of ether oxygens (including phenoxy) is 1. The average molecular weight is 495 g/mol. The van der Waals surface area contributed by atoms with Crippen molar-refractivity contribution in [3.05, 3.63) is 80.6 Å². The summed E-state index contributed by atoms with van der Waals surface area (Å²) in [6.07, 6.45) is 4.77. The molecule has 1 fully saturated rings. The summed E-state index contributed by atoms with van der Waals surface area (Å²) in [5.74, 6) is 0.259. The van der Waals surface area contributed by atoms with Crippen LogP contribution in [0.4, 0.5) is 5.82 Å². The summed E-state index contributed by atoms with van der Waals surface area (Å²) in [5, 5.41) is 3.32. The van der Waals surface area contributed by atoms with Gasteiger partial charge in [-0.25, -0.2) is 4.98 Å². The summed E-state index contributed by atoms with van der Waals surface area (Å²) in [7, 11) is 1.62. The fourth-order valence-electron chi connectivity index (χ4n) is 3.74. The van der Waals surface area contributed by atoms with Crippen LogP contribution in [0.5, 0.6) is 0 Å². The fraction of sp³-hybridized carbons (Fsp3) is 0.280. The molecule has 7 nitrogen and oxygen atoms in total. The lowest BCUT2D eigenvalue weighted by Gasteiger charge is -2.14. The first kappa shape index (κ1) is 24.1. The van der Waals surface area contributed by atoms with Crippen molar-refractivity contribution in [2.75, 3.05) is 32.1 Å². The molecule has 2 aromatic heterocycles. The molecule has 0 spiro atoms. The van der Waals surface area contributed by atoms with Gasteiger partial charge in [0.2, 0.25) is 0 Å². The van der Waals surface area contributed by atoms with Gasteiger partial charge in [-0.15, -0.1) is 0 Å². The van der Waals surface area contributed by atoms with Gasteiger partial charge >= 0.3 is 0 Å². The van der Waals surface area contributed by atoms with Crippen molar-refractivity contribution >= 4 is 51.7 Å². The van der Waals surface area contributed by atoms with E-state index in [0.29, 0.717) is 52.4 Å². The largest absolute Gasteiger partial charge is 0.385 e. The van der Waals surface area contributed by atoms with Crippen molar-refractivity contribution in [3.8, 4) is 0 Å². The van der Waals surface area contributed by atoms with Gasteiger partial charge in [-0.1, -0.05) is 60.4 Å². The van der Waals surface area contributed by atoms with Gasteiger partial charge in [0, 0.05) is 33.0 Å². The van der Waals surface area contributed by atoms with E-state index in [1.807, 2.05) is 37.3 Å². The maximum absolute atomic E-state index is 13.5. The molecule has 1 aromatic carbocycles. The minimum atomic E-state index is -0.236. The van der Waals surface area contributed by atoms with E-state index in [4.69, 9.17) is 21.9 Å². The first-order valence-corrected chi connectivity index (χ1v) is 12.3. The number of nitrogens with one attached hydrogen (secondary N) is 1. The highest BCUT2D eigenvalue weighted by Gasteiger charge is 2.32. The van der Waals surface area contributed by atoms with Crippen LogP contribution in [0.3, 0.4) is 0 Å². The molecule has 3 aromatic rings. The molecule has 0 aliphatic carbocycles. The third kappa shape index (κ3) is 5.22. The SMILES string of the molecule is COCCCN1C(=O)/C(=C\c2c(NCCc3ccccc3)nc3c(C)cccn3c2=O)SC1=S. The van der Waals surface area contributed by atoms with Crippen molar-refractivity contribution in [2.45, 2.75) is 19.8 Å². The normalized spacial score (nSPS) is 15.0. The molecule has 1 aliphatic heterocycles. The highest BCUT2D eigenvalue weighted by atomic mass is 32.2. The quantitative estimate of drug-likeness (QED) is 0.275. The number of methoxy groups -OCH3 is 1. The molecule has 0 atom stereocenters. The molecule has 1 aliphatic rings. The van der Waals surface area contributed by atoms with E-state index >= 15 is 0 Å². The highest BCUT2D eigenvalue weighted by Crippen LogP contribution is 2.33. The monoisotopic (exact) mass is 494 g/mol. The Kier molecular flexibility index (Phi) is 7.77. The Labute approximate surface area is 207 Å². The van der Waals surface area contributed by atoms with Gasteiger partial charge in [-0.3, -0.25) is 18.9 Å². The maximum Gasteiger partial charge on any atom is 0.267 e. The Bertz CT molecular complexity index is 1300. The molecule has 0 radical (unpaired) electrons. The Morgan fingerprint density at radius 3 is 2.74 bits per heavy atom. The lowest BCUT2D eigenvalue weighted by molar-refractivity contribution is -0.122. The van der Waals surface area contributed by atoms with Crippen molar-refractivity contribution in [1.82, 2.24) is 14.3 Å². The molecule has 4 rings (SSSR count). The Morgan fingerprint density at radius 2 is 1.97 bits per heavy atom. The topological polar surface area (TPSA) is 75.9 Å². The summed E-state index contributed by atoms with van der Waals surface area (Å²) in [6.45, 7) is 3.53. The molecule has 176 valence electrons. The van der Waals surface area contributed by atoms with E-state index < -0.39 is 0 Å². The molecule has 1 saturated heterocycles. The van der Waals surface area contributed by atoms with Gasteiger partial charge in [-0.05, 0) is 43.0 Å². The van der Waals surface area contributed by atoms with Crippen LogP contribution in [0.1, 0.15) is 23.1 Å². The number of amides is 1. The number of anilines is 1. The molecule has 1 N–H and O–H groups in total. The first-order valence-electron chi connectivity index (χ1n) is 11.0. The third-order valence-corrected chi connectivity index (χ3v) is 6.89. The van der Waals surface area contributed by atoms with E-state index in [1.54, 1.807) is 24.3 Å². The second kappa shape index (κ2) is 10.9. The van der Waals surface area contributed by atoms with Crippen LogP contribution in [0.15, 0.2) is 58.4 Å². The van der Waals surface area contributed by atoms with Gasteiger partial charge in [0.1, 0.15) is 15.8 Å². The molecule has 1 amide bonds. The molecule has 34 heavy (non-hydrogen) atoms. The summed E-state index contributed by atoms with van der Waals surface area (Å²) in [4.78, 5) is 33.2. The first-order chi connectivity index (χ1) is 16.5. The van der Waals surface area contributed by atoms with Gasteiger partial charge in [0.25, 0.3) is 11.5 Å². The summed E-state index contributed by atoms with van der Waals surface area (Å²) in [6, 6.07) is 13.8. The Balaban J connectivity index is 1.68. The molecule has 0 bridgehead atoms. The van der Waals surface area contributed by atoms with Crippen LogP contribution in [0, 0.1) is 6.92 Å². The van der Waals surface area contributed by atoms with Gasteiger partial charge in [0.15, 0.2) is 0 Å². The number of thiocarbonyl (C=S) groups is 1. The van der Waals surface area contributed by atoms with Crippen molar-refractivity contribution in [2.24, 2.45) is 0 Å². The standard InChI is InChI=1S/C25H26N4O3S2/c1-17-8-6-13-28-22(17)27-21(26-12-11-18-9-4-3-5-10-18)19(23(28)30)16-20-24(31)29(25(33)34-20)14-7-15-32-2/h3-6,8-10,13,16,26H,7,11-12,14-15H2,1-2H3/b20-16+. The van der Waals surface area contributed by atoms with Crippen molar-refractivity contribution < 1.29 is 9.53 Å². The zero-order valence-electron chi connectivity index (χ0n) is 19.1. The van der Waals surface area contributed by atoms with Crippen LogP contribution in [0.25, 0.3) is 11.7 Å². The number of fused-ring (bicyclic) bond motifs is 1. The number of carbonyl (C=O) groups is 1. The van der Waals surface area contributed by atoms with Crippen molar-refractivity contribution in [3.63, 3.8) is 0 Å². The van der Waals surface area contributed by atoms with Crippen LogP contribution in [-0.4, -0.2) is 51.3 Å². The number of nitrogens with zero attached hydrogens (tertiary/aromatic N) is 3. The second-order valence-corrected chi connectivity index (χ2v) is 9.58. The van der Waals surface area contributed by atoms with Crippen molar-refractivity contribution in [1.29, 1.82) is 0 Å². The molecule has 3 heterocycles. The van der Waals surface area contributed by atoms with E-state index in [2.05, 4.69) is 17.4 Å². The lowest BCUT2D eigenvalue weighted by atomic mass is 10.1. The molecular formula is C25H26N4O3S2. The zero-order valence-corrected chi connectivity index (χ0v) is 20.7. The number of aryl methyl sites for hydroxylation is 1. The fourth-order valence-corrected chi connectivity index (χ4v) is 5.03. The minimum absolute atomic E-state index is 0.199. The number of aromatic nitrogens is 2. The summed E-state index contributed by atoms with van der Waals surface area (Å²) in [5.41, 5.74) is 2.76. The minimum Gasteiger partial charge on any atom is -0.385 e. The van der Waals surface area contributed by atoms with E-state index in [1.165, 1.54) is 21.7 Å². The highest BCUT2D eigenvalue weighted by molar-refractivity contribution is 8.26. The van der Waals surface area contributed by atoms with Gasteiger partial charge < -0.3 is 10.1 Å². The Hall–Kier alpha value is -3.01. The lowest BCUT2D eigenvalue weighted by Crippen LogP contribution is -2.29. The molecule has 0 saturated carbocycles. The zero-order chi connectivity index (χ0) is 24.1. The number of carbonyl (C=O) groups excluding carboxylic acids is 1. The van der Waals surface area contributed by atoms with E-state index in [9.17, 15) is 9.59 Å². The number of hydrogen-bond donors (Lipinski definition) is 1. The van der Waals surface area contributed by atoms with Gasteiger partial charge in [-0.2, -0.15) is 0 Å². The summed E-state index contributed by atoms with van der Waals surface area (Å²) < 4.78 is 7.08. The third-order valence-electron chi connectivity index (χ3n) is 5.51. The maximum atomic E-state index is 13.5. The molecular weight excluding hydrogens is 468 g/mol. The average Bonchev–Trinajstić information content (AvgIpc) is 3.10. The molecule has 0 unspecified atom stereocenters. The van der Waals surface area contributed by atoms with Crippen LogP contribution in [0.2, 0.25) is 0 Å². The van der Waals surface area contributed by atoms with E-state index in [0.717, 1.165) is 12.0 Å². The number of hydrogen-bond acceptors (Lipinski definition) is 7. The predicted molar refractivity (Wildman–Crippen MR) is 141 cm³/mol. The number of rotatable bonds is 9.